The van der Waals surface area contributed by atoms with E-state index in [9.17, 15) is 0 Å². The van der Waals surface area contributed by atoms with Crippen molar-refractivity contribution in [3.8, 4) is 0 Å². The number of nitrogens with zero attached hydrogens (tertiary/aromatic N) is 2. The molecule has 0 bridgehead atoms. The second kappa shape index (κ2) is 7.73. The van der Waals surface area contributed by atoms with Gasteiger partial charge >= 0.3 is 0 Å². The first-order valence-electron chi connectivity index (χ1n) is 7.08. The number of nitrogens with one attached hydrogen (secondary N) is 1. The zero-order valence-electron chi connectivity index (χ0n) is 12.8. The normalized spacial score (nSPS) is 11.0. The van der Waals surface area contributed by atoms with Crippen LogP contribution in [-0.4, -0.2) is 30.0 Å². The van der Waals surface area contributed by atoms with Crippen LogP contribution in [0.1, 0.15) is 22.5 Å². The van der Waals surface area contributed by atoms with Crippen molar-refractivity contribution in [2.75, 3.05) is 20.3 Å². The highest BCUT2D eigenvalue weighted by molar-refractivity contribution is 9.10. The van der Waals surface area contributed by atoms with Crippen molar-refractivity contribution in [1.29, 1.82) is 0 Å². The van der Waals surface area contributed by atoms with E-state index in [2.05, 4.69) is 69.1 Å². The first-order valence-corrected chi connectivity index (χ1v) is 7.88. The molecule has 4 nitrogen and oxygen atoms in total. The number of ether oxygens (including phenoxy) is 1. The first-order chi connectivity index (χ1) is 10.1. The fraction of sp³-hybridized carbons (Fsp3) is 0.438. The maximum atomic E-state index is 5.05. The summed E-state index contributed by atoms with van der Waals surface area (Å²) >= 11 is 3.46. The second-order valence-electron chi connectivity index (χ2n) is 5.10. The predicted molar refractivity (Wildman–Crippen MR) is 88.5 cm³/mol. The van der Waals surface area contributed by atoms with Gasteiger partial charge in [-0.05, 0) is 31.5 Å². The summed E-state index contributed by atoms with van der Waals surface area (Å²) in [6.45, 7) is 7.42. The Labute approximate surface area is 134 Å². The molecule has 21 heavy (non-hydrogen) atoms. The fourth-order valence-electron chi connectivity index (χ4n) is 2.29. The number of halogens is 1. The van der Waals surface area contributed by atoms with Crippen molar-refractivity contribution < 1.29 is 4.74 Å². The molecule has 0 unspecified atom stereocenters. The lowest BCUT2D eigenvalue weighted by Crippen LogP contribution is -2.19. The molecule has 0 aliphatic carbocycles. The zero-order valence-corrected chi connectivity index (χ0v) is 14.4. The van der Waals surface area contributed by atoms with E-state index in [4.69, 9.17) is 4.74 Å². The van der Waals surface area contributed by atoms with E-state index < -0.39 is 0 Å². The van der Waals surface area contributed by atoms with Crippen LogP contribution in [0.5, 0.6) is 0 Å². The Hall–Kier alpha value is -1.17. The Morgan fingerprint density at radius 2 is 1.95 bits per heavy atom. The molecule has 0 saturated carbocycles. The summed E-state index contributed by atoms with van der Waals surface area (Å²) < 4.78 is 8.22. The molecule has 1 N–H and O–H groups in total. The van der Waals surface area contributed by atoms with Gasteiger partial charge in [-0.15, -0.1) is 0 Å². The number of aromatic nitrogens is 2. The third-order valence-corrected chi connectivity index (χ3v) is 4.09. The Bertz CT molecular complexity index is 578. The van der Waals surface area contributed by atoms with Gasteiger partial charge in [-0.1, -0.05) is 28.1 Å². The largest absolute Gasteiger partial charge is 0.383 e. The number of hydrogen-bond acceptors (Lipinski definition) is 3. The van der Waals surface area contributed by atoms with Gasteiger partial charge in [0, 0.05) is 35.9 Å². The third-order valence-electron chi connectivity index (χ3n) is 3.56. The van der Waals surface area contributed by atoms with Crippen LogP contribution in [0, 0.1) is 13.8 Å². The van der Waals surface area contributed by atoms with Crippen molar-refractivity contribution >= 4 is 15.9 Å². The van der Waals surface area contributed by atoms with Gasteiger partial charge in [0.25, 0.3) is 0 Å². The number of methoxy groups -OCH3 is 1. The van der Waals surface area contributed by atoms with E-state index >= 15 is 0 Å². The van der Waals surface area contributed by atoms with Gasteiger partial charge in [-0.3, -0.25) is 4.68 Å². The highest BCUT2D eigenvalue weighted by Crippen LogP contribution is 2.16. The SMILES string of the molecule is COCCNCc1c(C)nn(Cc2ccc(Br)cc2)c1C. The maximum absolute atomic E-state index is 5.05. The van der Waals surface area contributed by atoms with Crippen LogP contribution < -0.4 is 5.32 Å². The number of aryl methyl sites for hydroxylation is 1. The maximum Gasteiger partial charge on any atom is 0.0662 e. The molecular weight excluding hydrogens is 330 g/mol. The standard InChI is InChI=1S/C16H22BrN3O/c1-12-16(10-18-8-9-21-3)13(2)20(19-12)11-14-4-6-15(17)7-5-14/h4-7,18H,8-11H2,1-3H3. The van der Waals surface area contributed by atoms with Crippen LogP contribution in [0.3, 0.4) is 0 Å². The Morgan fingerprint density at radius 1 is 1.24 bits per heavy atom. The van der Waals surface area contributed by atoms with Gasteiger partial charge in [-0.25, -0.2) is 0 Å². The van der Waals surface area contributed by atoms with Crippen molar-refractivity contribution in [2.45, 2.75) is 26.9 Å². The lowest BCUT2D eigenvalue weighted by Gasteiger charge is -2.07. The van der Waals surface area contributed by atoms with Gasteiger partial charge in [0.1, 0.15) is 0 Å². The molecule has 2 rings (SSSR count). The van der Waals surface area contributed by atoms with Crippen LogP contribution in [0.25, 0.3) is 0 Å². The molecule has 0 radical (unpaired) electrons. The lowest BCUT2D eigenvalue weighted by atomic mass is 10.2. The van der Waals surface area contributed by atoms with E-state index in [-0.39, 0.29) is 0 Å². The molecule has 1 heterocycles. The molecular formula is C16H22BrN3O. The lowest BCUT2D eigenvalue weighted by molar-refractivity contribution is 0.199. The number of benzene rings is 1. The van der Waals surface area contributed by atoms with Crippen LogP contribution in [-0.2, 0) is 17.8 Å². The summed E-state index contributed by atoms with van der Waals surface area (Å²) in [5.41, 5.74) is 4.85. The molecule has 0 fully saturated rings. The van der Waals surface area contributed by atoms with Crippen molar-refractivity contribution in [3.05, 3.63) is 51.3 Å². The number of rotatable bonds is 7. The Morgan fingerprint density at radius 3 is 2.62 bits per heavy atom. The van der Waals surface area contributed by atoms with E-state index in [1.807, 2.05) is 0 Å². The predicted octanol–water partition coefficient (Wildman–Crippen LogP) is 3.05. The molecule has 1 aromatic heterocycles. The number of hydrogen-bond donors (Lipinski definition) is 1. The minimum Gasteiger partial charge on any atom is -0.383 e. The van der Waals surface area contributed by atoms with Gasteiger partial charge < -0.3 is 10.1 Å². The molecule has 0 saturated heterocycles. The third kappa shape index (κ3) is 4.40. The fourth-order valence-corrected chi connectivity index (χ4v) is 2.56. The molecule has 0 aliphatic heterocycles. The van der Waals surface area contributed by atoms with E-state index in [1.165, 1.54) is 16.8 Å². The highest BCUT2D eigenvalue weighted by Gasteiger charge is 2.11. The summed E-state index contributed by atoms with van der Waals surface area (Å²) in [4.78, 5) is 0. The van der Waals surface area contributed by atoms with E-state index in [0.717, 1.165) is 36.4 Å². The topological polar surface area (TPSA) is 39.1 Å². The molecule has 0 aliphatic rings. The first kappa shape index (κ1) is 16.2. The molecule has 0 spiro atoms. The molecule has 1 aromatic carbocycles. The van der Waals surface area contributed by atoms with E-state index in [1.54, 1.807) is 7.11 Å². The molecule has 0 atom stereocenters. The van der Waals surface area contributed by atoms with Gasteiger partial charge in [0.05, 0.1) is 18.8 Å². The van der Waals surface area contributed by atoms with Crippen molar-refractivity contribution in [2.24, 2.45) is 0 Å². The Kier molecular flexibility index (Phi) is 5.96. The summed E-state index contributed by atoms with van der Waals surface area (Å²) in [5, 5.41) is 8.04. The van der Waals surface area contributed by atoms with E-state index in [0.29, 0.717) is 0 Å². The summed E-state index contributed by atoms with van der Waals surface area (Å²) in [7, 11) is 1.72. The molecule has 2 aromatic rings. The zero-order chi connectivity index (χ0) is 15.2. The van der Waals surface area contributed by atoms with Gasteiger partial charge in [-0.2, -0.15) is 5.10 Å². The monoisotopic (exact) mass is 351 g/mol. The molecule has 5 heteroatoms. The summed E-state index contributed by atoms with van der Waals surface area (Å²) in [6.07, 6.45) is 0. The minimum atomic E-state index is 0.727. The highest BCUT2D eigenvalue weighted by atomic mass is 79.9. The smallest absolute Gasteiger partial charge is 0.0662 e. The van der Waals surface area contributed by atoms with Crippen molar-refractivity contribution in [3.63, 3.8) is 0 Å². The average Bonchev–Trinajstić information content (AvgIpc) is 2.73. The minimum absolute atomic E-state index is 0.727. The van der Waals surface area contributed by atoms with Gasteiger partial charge in [0.2, 0.25) is 0 Å². The Balaban J connectivity index is 2.05. The molecule has 0 amide bonds. The average molecular weight is 352 g/mol. The van der Waals surface area contributed by atoms with Crippen LogP contribution in [0.15, 0.2) is 28.7 Å². The van der Waals surface area contributed by atoms with Crippen LogP contribution in [0.2, 0.25) is 0 Å². The summed E-state index contributed by atoms with van der Waals surface area (Å²) in [6, 6.07) is 8.37. The quantitative estimate of drug-likeness (QED) is 0.779. The van der Waals surface area contributed by atoms with Crippen LogP contribution >= 0.6 is 15.9 Å². The second-order valence-corrected chi connectivity index (χ2v) is 6.02. The summed E-state index contributed by atoms with van der Waals surface area (Å²) in [5.74, 6) is 0. The molecule has 114 valence electrons. The van der Waals surface area contributed by atoms with Gasteiger partial charge in [0.15, 0.2) is 0 Å². The van der Waals surface area contributed by atoms with Crippen LogP contribution in [0.4, 0.5) is 0 Å². The van der Waals surface area contributed by atoms with Crippen molar-refractivity contribution in [1.82, 2.24) is 15.1 Å².